The van der Waals surface area contributed by atoms with Gasteiger partial charge in [-0.2, -0.15) is 0 Å². The summed E-state index contributed by atoms with van der Waals surface area (Å²) in [5.74, 6) is -0.237. The molecule has 2 atom stereocenters. The van der Waals surface area contributed by atoms with Crippen LogP contribution in [-0.2, 0) is 38.6 Å². The molecule has 0 aromatic heterocycles. The Morgan fingerprint density at radius 3 is 1.83 bits per heavy atom. The Bertz CT molecular complexity index is 1590. The van der Waals surface area contributed by atoms with Crippen molar-refractivity contribution in [3.05, 3.63) is 131 Å². The molecule has 0 radical (unpaired) electrons. The van der Waals surface area contributed by atoms with Crippen LogP contribution in [0, 0.1) is 0 Å². The smallest absolute Gasteiger partial charge is 0.408 e. The van der Waals surface area contributed by atoms with Gasteiger partial charge in [0, 0.05) is 6.42 Å². The van der Waals surface area contributed by atoms with Gasteiger partial charge in [0.15, 0.2) is 11.5 Å². The molecule has 1 amide bonds. The minimum absolute atomic E-state index is 0.0647. The predicted octanol–water partition coefficient (Wildman–Crippen LogP) is 7.07. The van der Waals surface area contributed by atoms with Gasteiger partial charge in [-0.15, -0.1) is 0 Å². The van der Waals surface area contributed by atoms with Crippen molar-refractivity contribution in [2.45, 2.75) is 65.1 Å². The van der Waals surface area contributed by atoms with Crippen molar-refractivity contribution in [2.24, 2.45) is 0 Å². The summed E-state index contributed by atoms with van der Waals surface area (Å²) >= 11 is 0. The molecule has 4 rings (SSSR count). The highest BCUT2D eigenvalue weighted by molar-refractivity contribution is 5.89. The van der Waals surface area contributed by atoms with Gasteiger partial charge in [-0.25, -0.2) is 14.4 Å². The van der Waals surface area contributed by atoms with Crippen molar-refractivity contribution in [3.8, 4) is 11.5 Å². The minimum Gasteiger partial charge on any atom is -0.485 e. The van der Waals surface area contributed by atoms with Gasteiger partial charge in [-0.3, -0.25) is 0 Å². The number of nitrogens with one attached hydrogen (secondary N) is 1. The number of ether oxygens (including phenoxy) is 5. The maximum atomic E-state index is 13.4. The molecule has 0 bridgehead atoms. The van der Waals surface area contributed by atoms with E-state index in [9.17, 15) is 14.4 Å². The molecule has 246 valence electrons. The van der Waals surface area contributed by atoms with Crippen molar-refractivity contribution in [1.82, 2.24) is 5.32 Å². The molecule has 0 fully saturated rings. The van der Waals surface area contributed by atoms with Crippen LogP contribution in [0.15, 0.2) is 109 Å². The summed E-state index contributed by atoms with van der Waals surface area (Å²) in [6, 6.07) is 32.3. The van der Waals surface area contributed by atoms with E-state index in [1.54, 1.807) is 76.2 Å². The Morgan fingerprint density at radius 1 is 0.702 bits per heavy atom. The van der Waals surface area contributed by atoms with Crippen molar-refractivity contribution in [1.29, 1.82) is 0 Å². The number of hydrogen-bond acceptors (Lipinski definition) is 8. The lowest BCUT2D eigenvalue weighted by Gasteiger charge is -2.24. The summed E-state index contributed by atoms with van der Waals surface area (Å²) in [5.41, 5.74) is 2.26. The van der Waals surface area contributed by atoms with Crippen LogP contribution in [0.3, 0.4) is 0 Å². The molecule has 0 spiro atoms. The molecule has 0 aliphatic carbocycles. The zero-order chi connectivity index (χ0) is 33.6. The molecule has 0 heterocycles. The van der Waals surface area contributed by atoms with Crippen LogP contribution < -0.4 is 14.8 Å². The molecule has 0 aliphatic rings. The second-order valence-corrected chi connectivity index (χ2v) is 11.9. The monoisotopic (exact) mass is 639 g/mol. The minimum atomic E-state index is -1.12. The topological polar surface area (TPSA) is 109 Å². The van der Waals surface area contributed by atoms with Crippen LogP contribution in [-0.4, -0.2) is 42.4 Å². The average molecular weight is 640 g/mol. The highest BCUT2D eigenvalue weighted by Gasteiger charge is 2.28. The molecule has 9 nitrogen and oxygen atoms in total. The van der Waals surface area contributed by atoms with Crippen LogP contribution in [0.2, 0.25) is 0 Å². The van der Waals surface area contributed by atoms with Crippen molar-refractivity contribution in [3.63, 3.8) is 0 Å². The van der Waals surface area contributed by atoms with Crippen LogP contribution >= 0.6 is 0 Å². The molecule has 0 saturated carbocycles. The Labute approximate surface area is 275 Å². The van der Waals surface area contributed by atoms with E-state index in [4.69, 9.17) is 23.7 Å². The van der Waals surface area contributed by atoms with E-state index in [1.165, 1.54) is 0 Å². The lowest BCUT2D eigenvalue weighted by atomic mass is 10.0. The number of amides is 1. The van der Waals surface area contributed by atoms with Crippen molar-refractivity contribution < 1.29 is 38.1 Å². The Balaban J connectivity index is 1.49. The first-order valence-electron chi connectivity index (χ1n) is 15.4. The Kier molecular flexibility index (Phi) is 12.4. The van der Waals surface area contributed by atoms with E-state index in [0.717, 1.165) is 11.1 Å². The predicted molar refractivity (Wildman–Crippen MR) is 177 cm³/mol. The highest BCUT2D eigenvalue weighted by Crippen LogP contribution is 2.31. The fourth-order valence-corrected chi connectivity index (χ4v) is 4.43. The number of carbonyl (C=O) groups excluding carboxylic acids is 3. The van der Waals surface area contributed by atoms with Gasteiger partial charge in [-0.1, -0.05) is 84.9 Å². The maximum Gasteiger partial charge on any atom is 0.408 e. The van der Waals surface area contributed by atoms with E-state index < -0.39 is 35.8 Å². The molecule has 0 saturated heterocycles. The summed E-state index contributed by atoms with van der Waals surface area (Å²) in [4.78, 5) is 38.5. The lowest BCUT2D eigenvalue weighted by molar-refractivity contribution is -0.152. The molecule has 4 aromatic rings. The van der Waals surface area contributed by atoms with Gasteiger partial charge in [0.1, 0.15) is 37.6 Å². The number of alkyl carbamates (subject to hydrolysis) is 1. The van der Waals surface area contributed by atoms with Crippen molar-refractivity contribution >= 4 is 18.0 Å². The number of carbonyl (C=O) groups is 3. The van der Waals surface area contributed by atoms with E-state index >= 15 is 0 Å². The molecule has 1 N–H and O–H groups in total. The summed E-state index contributed by atoms with van der Waals surface area (Å²) in [6.45, 7) is 7.27. The quantitative estimate of drug-likeness (QED) is 0.115. The van der Waals surface area contributed by atoms with Gasteiger partial charge >= 0.3 is 18.0 Å². The number of hydrogen-bond donors (Lipinski definition) is 1. The number of rotatable bonds is 14. The summed E-state index contributed by atoms with van der Waals surface area (Å²) < 4.78 is 28.7. The van der Waals surface area contributed by atoms with E-state index in [-0.39, 0.29) is 13.0 Å². The number of benzene rings is 4. The fourth-order valence-electron chi connectivity index (χ4n) is 4.43. The molecular formula is C38H41NO8. The van der Waals surface area contributed by atoms with Crippen molar-refractivity contribution in [2.75, 3.05) is 6.61 Å². The second kappa shape index (κ2) is 16.8. The zero-order valence-corrected chi connectivity index (χ0v) is 27.1. The molecular weight excluding hydrogens is 598 g/mol. The SMILES string of the molecule is CC(COC(=O)c1ccccc1)OC(=O)[C@H](Cc1ccc(OCc2ccccc2)c(OCc2ccccc2)c1)NC(=O)OC(C)(C)C. The van der Waals surface area contributed by atoms with Gasteiger partial charge in [0.2, 0.25) is 0 Å². The zero-order valence-electron chi connectivity index (χ0n) is 27.1. The Morgan fingerprint density at radius 2 is 1.26 bits per heavy atom. The van der Waals surface area contributed by atoms with Gasteiger partial charge in [0.05, 0.1) is 5.56 Å². The van der Waals surface area contributed by atoms with Gasteiger partial charge in [-0.05, 0) is 68.7 Å². The fraction of sp³-hybridized carbons (Fsp3) is 0.289. The third-order valence-corrected chi connectivity index (χ3v) is 6.67. The third kappa shape index (κ3) is 11.9. The van der Waals surface area contributed by atoms with Gasteiger partial charge in [0.25, 0.3) is 0 Å². The summed E-state index contributed by atoms with van der Waals surface area (Å²) in [5, 5.41) is 2.64. The third-order valence-electron chi connectivity index (χ3n) is 6.67. The normalized spacial score (nSPS) is 12.3. The van der Waals surface area contributed by atoms with Crippen LogP contribution in [0.4, 0.5) is 4.79 Å². The molecule has 4 aromatic carbocycles. The summed E-state index contributed by atoms with van der Waals surface area (Å²) in [7, 11) is 0. The standard InChI is InChI=1S/C38H41NO8/c1-27(24-45-35(40)31-18-12-7-13-19-31)46-36(41)32(39-37(42)47-38(2,3)4)22-30-20-21-33(43-25-28-14-8-5-9-15-28)34(23-30)44-26-29-16-10-6-11-17-29/h5-21,23,27,32H,22,24-26H2,1-4H3,(H,39,42)/t27?,32-/m0/s1. The first-order chi connectivity index (χ1) is 22.6. The molecule has 9 heteroatoms. The first kappa shape index (κ1) is 34.6. The highest BCUT2D eigenvalue weighted by atomic mass is 16.6. The van der Waals surface area contributed by atoms with Crippen LogP contribution in [0.1, 0.15) is 54.7 Å². The van der Waals surface area contributed by atoms with Crippen LogP contribution in [0.25, 0.3) is 0 Å². The average Bonchev–Trinajstić information content (AvgIpc) is 3.06. The lowest BCUT2D eigenvalue weighted by Crippen LogP contribution is -2.46. The van der Waals surface area contributed by atoms with Gasteiger partial charge < -0.3 is 29.0 Å². The molecule has 0 aliphatic heterocycles. The first-order valence-corrected chi connectivity index (χ1v) is 15.4. The second-order valence-electron chi connectivity index (χ2n) is 11.9. The van der Waals surface area contributed by atoms with Crippen LogP contribution in [0.5, 0.6) is 11.5 Å². The largest absolute Gasteiger partial charge is 0.485 e. The van der Waals surface area contributed by atoms with E-state index in [2.05, 4.69) is 5.32 Å². The Hall–Kier alpha value is -5.31. The van der Waals surface area contributed by atoms with E-state index in [1.807, 2.05) is 60.7 Å². The maximum absolute atomic E-state index is 13.4. The molecule has 1 unspecified atom stereocenters. The summed E-state index contributed by atoms with van der Waals surface area (Å²) in [6.07, 6.45) is -1.49. The molecule has 47 heavy (non-hydrogen) atoms. The van der Waals surface area contributed by atoms with E-state index in [0.29, 0.717) is 35.8 Å². The number of esters is 2.